The molecular weight excluding hydrogens is 298 g/mol. The third-order valence-corrected chi connectivity index (χ3v) is 3.24. The van der Waals surface area contributed by atoms with Crippen LogP contribution in [0.1, 0.15) is 10.4 Å². The molecule has 0 saturated heterocycles. The van der Waals surface area contributed by atoms with Crippen molar-refractivity contribution in [3.05, 3.63) is 57.1 Å². The van der Waals surface area contributed by atoms with E-state index in [0.717, 1.165) is 0 Å². The van der Waals surface area contributed by atoms with Crippen LogP contribution in [0.5, 0.6) is 5.75 Å². The minimum Gasteiger partial charge on any atom is -0.497 e. The molecule has 108 valence electrons. The molecule has 0 atom stereocenters. The highest BCUT2D eigenvalue weighted by Gasteiger charge is 2.21. The molecule has 0 saturated carbocycles. The quantitative estimate of drug-likeness (QED) is 0.688. The number of nitro groups is 1. The maximum Gasteiger partial charge on any atom is 0.342 e. The predicted molar refractivity (Wildman–Crippen MR) is 77.1 cm³/mol. The van der Waals surface area contributed by atoms with E-state index >= 15 is 0 Å². The van der Waals surface area contributed by atoms with Gasteiger partial charge in [-0.05, 0) is 29.8 Å². The zero-order valence-electron chi connectivity index (χ0n) is 10.9. The van der Waals surface area contributed by atoms with Crippen LogP contribution >= 0.6 is 11.6 Å². The Morgan fingerprint density at radius 3 is 2.57 bits per heavy atom. The number of carboxylic acids is 1. The lowest BCUT2D eigenvalue weighted by atomic mass is 10.0. The summed E-state index contributed by atoms with van der Waals surface area (Å²) in [4.78, 5) is 21.3. The van der Waals surface area contributed by atoms with Crippen LogP contribution in [-0.2, 0) is 0 Å². The molecule has 0 fully saturated rings. The van der Waals surface area contributed by atoms with Crippen LogP contribution in [-0.4, -0.2) is 23.1 Å². The molecular formula is C14H10ClNO5. The number of hydrogen-bond donors (Lipinski definition) is 1. The van der Waals surface area contributed by atoms with Gasteiger partial charge in [0.15, 0.2) is 0 Å². The van der Waals surface area contributed by atoms with E-state index in [1.165, 1.54) is 25.3 Å². The van der Waals surface area contributed by atoms with Crippen molar-refractivity contribution in [2.24, 2.45) is 0 Å². The molecule has 7 heteroatoms. The number of hydrogen-bond acceptors (Lipinski definition) is 4. The Balaban J connectivity index is 2.63. The minimum atomic E-state index is -1.36. The van der Waals surface area contributed by atoms with Gasteiger partial charge in [0.05, 0.1) is 12.0 Å². The van der Waals surface area contributed by atoms with Crippen molar-refractivity contribution in [1.29, 1.82) is 0 Å². The molecule has 0 radical (unpaired) electrons. The van der Waals surface area contributed by atoms with E-state index in [0.29, 0.717) is 21.9 Å². The summed E-state index contributed by atoms with van der Waals surface area (Å²) in [5, 5.41) is 20.3. The largest absolute Gasteiger partial charge is 0.497 e. The van der Waals surface area contributed by atoms with Gasteiger partial charge in [-0.1, -0.05) is 17.7 Å². The van der Waals surface area contributed by atoms with E-state index in [4.69, 9.17) is 21.4 Å². The molecule has 0 spiro atoms. The Bertz CT molecular complexity index is 729. The van der Waals surface area contributed by atoms with Gasteiger partial charge in [-0.3, -0.25) is 10.1 Å². The summed E-state index contributed by atoms with van der Waals surface area (Å²) in [5.41, 5.74) is 0.105. The Morgan fingerprint density at radius 1 is 1.29 bits per heavy atom. The van der Waals surface area contributed by atoms with E-state index in [-0.39, 0.29) is 5.56 Å². The monoisotopic (exact) mass is 307 g/mol. The van der Waals surface area contributed by atoms with Crippen LogP contribution in [0.4, 0.5) is 5.69 Å². The van der Waals surface area contributed by atoms with Crippen LogP contribution in [0.2, 0.25) is 5.02 Å². The number of benzene rings is 2. The lowest BCUT2D eigenvalue weighted by Crippen LogP contribution is -2.02. The summed E-state index contributed by atoms with van der Waals surface area (Å²) in [6.07, 6.45) is 0. The second-order valence-electron chi connectivity index (χ2n) is 4.14. The maximum absolute atomic E-state index is 11.0. The van der Waals surface area contributed by atoms with Gasteiger partial charge >= 0.3 is 5.97 Å². The van der Waals surface area contributed by atoms with Gasteiger partial charge in [0.1, 0.15) is 11.3 Å². The first-order chi connectivity index (χ1) is 9.93. The first-order valence-electron chi connectivity index (χ1n) is 5.79. The fraction of sp³-hybridized carbons (Fsp3) is 0.0714. The van der Waals surface area contributed by atoms with Gasteiger partial charge in [-0.15, -0.1) is 0 Å². The van der Waals surface area contributed by atoms with Crippen molar-refractivity contribution in [2.45, 2.75) is 0 Å². The molecule has 6 nitrogen and oxygen atoms in total. The topological polar surface area (TPSA) is 89.7 Å². The van der Waals surface area contributed by atoms with Gasteiger partial charge in [0.25, 0.3) is 5.69 Å². The van der Waals surface area contributed by atoms with Crippen molar-refractivity contribution < 1.29 is 19.6 Å². The highest BCUT2D eigenvalue weighted by molar-refractivity contribution is 6.33. The zero-order chi connectivity index (χ0) is 15.6. The summed E-state index contributed by atoms with van der Waals surface area (Å²) < 4.78 is 5.08. The van der Waals surface area contributed by atoms with Crippen LogP contribution in [0, 0.1) is 10.1 Å². The molecule has 0 bridgehead atoms. The van der Waals surface area contributed by atoms with Crippen molar-refractivity contribution in [3.63, 3.8) is 0 Å². The lowest BCUT2D eigenvalue weighted by Gasteiger charge is -2.08. The SMILES string of the molecule is COc1ccc(Cl)c(-c2ccc(C(=O)O)c([N+](=O)[O-])c2)c1. The average Bonchev–Trinajstić information content (AvgIpc) is 2.47. The summed E-state index contributed by atoms with van der Waals surface area (Å²) in [7, 11) is 1.49. The molecule has 0 aliphatic rings. The third kappa shape index (κ3) is 2.95. The average molecular weight is 308 g/mol. The molecule has 0 heterocycles. The van der Waals surface area contributed by atoms with E-state index < -0.39 is 16.6 Å². The molecule has 0 aliphatic carbocycles. The number of methoxy groups -OCH3 is 1. The Kier molecular flexibility index (Phi) is 4.09. The number of ether oxygens (including phenoxy) is 1. The second-order valence-corrected chi connectivity index (χ2v) is 4.55. The summed E-state index contributed by atoms with van der Waals surface area (Å²) in [5.74, 6) is -0.815. The normalized spacial score (nSPS) is 10.2. The third-order valence-electron chi connectivity index (χ3n) is 2.91. The van der Waals surface area contributed by atoms with Gasteiger partial charge in [0, 0.05) is 16.7 Å². The fourth-order valence-corrected chi connectivity index (χ4v) is 2.11. The first-order valence-corrected chi connectivity index (χ1v) is 6.17. The fourth-order valence-electron chi connectivity index (χ4n) is 1.88. The number of rotatable bonds is 4. The van der Waals surface area contributed by atoms with Crippen molar-refractivity contribution in [3.8, 4) is 16.9 Å². The first kappa shape index (κ1) is 14.8. The van der Waals surface area contributed by atoms with Crippen LogP contribution < -0.4 is 4.74 Å². The van der Waals surface area contributed by atoms with Crippen molar-refractivity contribution in [2.75, 3.05) is 7.11 Å². The molecule has 0 aromatic heterocycles. The van der Waals surface area contributed by atoms with Gasteiger partial charge < -0.3 is 9.84 Å². The Labute approximate surface area is 124 Å². The predicted octanol–water partition coefficient (Wildman–Crippen LogP) is 3.62. The van der Waals surface area contributed by atoms with E-state index in [1.54, 1.807) is 18.2 Å². The molecule has 0 amide bonds. The van der Waals surface area contributed by atoms with Crippen molar-refractivity contribution >= 4 is 23.3 Å². The maximum atomic E-state index is 11.0. The molecule has 1 N–H and O–H groups in total. The summed E-state index contributed by atoms with van der Waals surface area (Å²) in [6.45, 7) is 0. The van der Waals surface area contributed by atoms with Crippen LogP contribution in [0.15, 0.2) is 36.4 Å². The zero-order valence-corrected chi connectivity index (χ0v) is 11.6. The molecule has 0 aliphatic heterocycles. The summed E-state index contributed by atoms with van der Waals surface area (Å²) in [6, 6.07) is 8.73. The number of carboxylic acid groups (broad SMARTS) is 1. The highest BCUT2D eigenvalue weighted by Crippen LogP contribution is 2.34. The molecule has 0 unspecified atom stereocenters. The molecule has 21 heavy (non-hydrogen) atoms. The van der Waals surface area contributed by atoms with Gasteiger partial charge in [-0.25, -0.2) is 4.79 Å². The smallest absolute Gasteiger partial charge is 0.342 e. The number of aromatic carboxylic acids is 1. The number of carbonyl (C=O) groups is 1. The molecule has 2 aromatic carbocycles. The van der Waals surface area contributed by atoms with E-state index in [2.05, 4.69) is 0 Å². The lowest BCUT2D eigenvalue weighted by molar-refractivity contribution is -0.385. The molecule has 2 aromatic rings. The second kappa shape index (κ2) is 5.80. The Morgan fingerprint density at radius 2 is 2.00 bits per heavy atom. The van der Waals surface area contributed by atoms with E-state index in [9.17, 15) is 14.9 Å². The van der Waals surface area contributed by atoms with Gasteiger partial charge in [-0.2, -0.15) is 0 Å². The highest BCUT2D eigenvalue weighted by atomic mass is 35.5. The minimum absolute atomic E-state index is 0.372. The number of halogens is 1. The van der Waals surface area contributed by atoms with E-state index in [1.807, 2.05) is 0 Å². The number of nitro benzene ring substituents is 1. The van der Waals surface area contributed by atoms with Crippen molar-refractivity contribution in [1.82, 2.24) is 0 Å². The molecule has 2 rings (SSSR count). The Hall–Kier alpha value is -2.60. The number of nitrogens with zero attached hydrogens (tertiary/aromatic N) is 1. The van der Waals surface area contributed by atoms with Crippen LogP contribution in [0.3, 0.4) is 0 Å². The van der Waals surface area contributed by atoms with Crippen LogP contribution in [0.25, 0.3) is 11.1 Å². The standard InChI is InChI=1S/C14H10ClNO5/c1-21-9-3-5-12(15)11(7-9)8-2-4-10(14(17)18)13(6-8)16(19)20/h2-7H,1H3,(H,17,18). The van der Waals surface area contributed by atoms with Gasteiger partial charge in [0.2, 0.25) is 0 Å². The summed E-state index contributed by atoms with van der Waals surface area (Å²) >= 11 is 6.08.